The van der Waals surface area contributed by atoms with Crippen LogP contribution in [-0.2, 0) is 11.3 Å². The van der Waals surface area contributed by atoms with Crippen LogP contribution in [0.1, 0.15) is 23.4 Å². The molecule has 1 N–H and O–H groups in total. The molecule has 15 heavy (non-hydrogen) atoms. The van der Waals surface area contributed by atoms with Crippen LogP contribution in [0.5, 0.6) is 0 Å². The van der Waals surface area contributed by atoms with E-state index in [0.29, 0.717) is 12.5 Å². The number of nitrogens with one attached hydrogen (secondary N) is 1. The second kappa shape index (κ2) is 4.77. The van der Waals surface area contributed by atoms with Crippen LogP contribution >= 0.6 is 0 Å². The molecule has 1 saturated heterocycles. The first-order chi connectivity index (χ1) is 7.27. The van der Waals surface area contributed by atoms with Gasteiger partial charge in [0.1, 0.15) is 5.76 Å². The number of rotatable bonds is 4. The number of aryl methyl sites for hydroxylation is 2. The second-order valence-corrected chi connectivity index (χ2v) is 4.18. The van der Waals surface area contributed by atoms with Crippen molar-refractivity contribution < 1.29 is 9.26 Å². The largest absolute Gasteiger partial charge is 0.376 e. The minimum absolute atomic E-state index is 0.623. The molecule has 0 aromatic carbocycles. The van der Waals surface area contributed by atoms with Crippen LogP contribution in [0.2, 0.25) is 0 Å². The second-order valence-electron chi connectivity index (χ2n) is 4.18. The summed E-state index contributed by atoms with van der Waals surface area (Å²) in [6.07, 6.45) is 1.22. The van der Waals surface area contributed by atoms with Gasteiger partial charge in [-0.25, -0.2) is 0 Å². The molecule has 0 bridgehead atoms. The molecule has 0 amide bonds. The predicted octanol–water partition coefficient (Wildman–Crippen LogP) is 1.42. The highest BCUT2D eigenvalue weighted by Gasteiger charge is 2.15. The molecule has 1 aliphatic rings. The maximum absolute atomic E-state index is 5.68. The number of hydrogen-bond acceptors (Lipinski definition) is 4. The maximum Gasteiger partial charge on any atom is 0.139 e. The zero-order valence-electron chi connectivity index (χ0n) is 9.38. The van der Waals surface area contributed by atoms with E-state index in [1.165, 1.54) is 6.42 Å². The van der Waals surface area contributed by atoms with Gasteiger partial charge in [-0.2, -0.15) is 0 Å². The third-order valence-corrected chi connectivity index (χ3v) is 2.94. The SMILES string of the molecule is Cc1noc(C)c1COCC1CCNC1. The average molecular weight is 210 g/mol. The Kier molecular flexibility index (Phi) is 3.38. The van der Waals surface area contributed by atoms with E-state index in [0.717, 1.165) is 36.7 Å². The first kappa shape index (κ1) is 10.6. The zero-order valence-corrected chi connectivity index (χ0v) is 9.38. The third kappa shape index (κ3) is 2.58. The standard InChI is InChI=1S/C11H18N2O2/c1-8-11(9(2)15-13-8)7-14-6-10-3-4-12-5-10/h10,12H,3-7H2,1-2H3. The summed E-state index contributed by atoms with van der Waals surface area (Å²) in [4.78, 5) is 0. The van der Waals surface area contributed by atoms with Crippen LogP contribution in [0, 0.1) is 19.8 Å². The summed E-state index contributed by atoms with van der Waals surface area (Å²) in [5.74, 6) is 1.54. The molecule has 84 valence electrons. The molecule has 4 nitrogen and oxygen atoms in total. The summed E-state index contributed by atoms with van der Waals surface area (Å²) in [6, 6.07) is 0. The topological polar surface area (TPSA) is 47.3 Å². The minimum atomic E-state index is 0.623. The van der Waals surface area contributed by atoms with Crippen LogP contribution in [0.3, 0.4) is 0 Å². The molecular weight excluding hydrogens is 192 g/mol. The van der Waals surface area contributed by atoms with Gasteiger partial charge in [-0.05, 0) is 32.7 Å². The van der Waals surface area contributed by atoms with E-state index in [9.17, 15) is 0 Å². The van der Waals surface area contributed by atoms with Crippen LogP contribution in [0.15, 0.2) is 4.52 Å². The van der Waals surface area contributed by atoms with Gasteiger partial charge in [0.05, 0.1) is 18.9 Å². The van der Waals surface area contributed by atoms with Crippen LogP contribution in [0.25, 0.3) is 0 Å². The smallest absolute Gasteiger partial charge is 0.139 e. The molecule has 1 aliphatic heterocycles. The quantitative estimate of drug-likeness (QED) is 0.816. The van der Waals surface area contributed by atoms with E-state index >= 15 is 0 Å². The number of hydrogen-bond donors (Lipinski definition) is 1. The van der Waals surface area contributed by atoms with Gasteiger partial charge >= 0.3 is 0 Å². The highest BCUT2D eigenvalue weighted by atomic mass is 16.5. The monoisotopic (exact) mass is 210 g/mol. The fraction of sp³-hybridized carbons (Fsp3) is 0.727. The van der Waals surface area contributed by atoms with Gasteiger partial charge in [-0.15, -0.1) is 0 Å². The molecule has 0 spiro atoms. The first-order valence-electron chi connectivity index (χ1n) is 5.47. The Balaban J connectivity index is 1.77. The van der Waals surface area contributed by atoms with E-state index < -0.39 is 0 Å². The molecule has 0 saturated carbocycles. The molecule has 2 rings (SSSR count). The van der Waals surface area contributed by atoms with Crippen molar-refractivity contribution in [1.82, 2.24) is 10.5 Å². The maximum atomic E-state index is 5.68. The van der Waals surface area contributed by atoms with E-state index in [1.54, 1.807) is 0 Å². The van der Waals surface area contributed by atoms with Gasteiger partial charge in [0.15, 0.2) is 0 Å². The fourth-order valence-corrected chi connectivity index (χ4v) is 1.89. The molecule has 4 heteroatoms. The highest BCUT2D eigenvalue weighted by Crippen LogP contribution is 2.15. The fourth-order valence-electron chi connectivity index (χ4n) is 1.89. The Bertz CT molecular complexity index is 297. The van der Waals surface area contributed by atoms with E-state index in [-0.39, 0.29) is 0 Å². The molecule has 1 atom stereocenters. The van der Waals surface area contributed by atoms with Gasteiger partial charge < -0.3 is 14.6 Å². The van der Waals surface area contributed by atoms with E-state index in [4.69, 9.17) is 9.26 Å². The van der Waals surface area contributed by atoms with Crippen LogP contribution in [0.4, 0.5) is 0 Å². The van der Waals surface area contributed by atoms with E-state index in [1.807, 2.05) is 13.8 Å². The number of ether oxygens (including phenoxy) is 1. The Morgan fingerprint density at radius 3 is 3.00 bits per heavy atom. The summed E-state index contributed by atoms with van der Waals surface area (Å²) in [7, 11) is 0. The van der Waals surface area contributed by atoms with Crippen molar-refractivity contribution in [3.63, 3.8) is 0 Å². The molecule has 1 aromatic rings. The van der Waals surface area contributed by atoms with Crippen molar-refractivity contribution in [1.29, 1.82) is 0 Å². The van der Waals surface area contributed by atoms with Crippen molar-refractivity contribution in [3.05, 3.63) is 17.0 Å². The molecule has 0 aliphatic carbocycles. The molecule has 2 heterocycles. The first-order valence-corrected chi connectivity index (χ1v) is 5.47. The normalized spacial score (nSPS) is 21.1. The van der Waals surface area contributed by atoms with Crippen molar-refractivity contribution >= 4 is 0 Å². The summed E-state index contributed by atoms with van der Waals surface area (Å²) >= 11 is 0. The Hall–Kier alpha value is -0.870. The van der Waals surface area contributed by atoms with Gasteiger partial charge in [-0.1, -0.05) is 5.16 Å². The summed E-state index contributed by atoms with van der Waals surface area (Å²) in [6.45, 7) is 7.54. The summed E-state index contributed by atoms with van der Waals surface area (Å²) in [5, 5.41) is 7.23. The van der Waals surface area contributed by atoms with Gasteiger partial charge in [0.25, 0.3) is 0 Å². The molecule has 1 fully saturated rings. The lowest BCUT2D eigenvalue weighted by molar-refractivity contribution is 0.0914. The molecule has 0 radical (unpaired) electrons. The number of nitrogens with zero attached hydrogens (tertiary/aromatic N) is 1. The molecular formula is C11H18N2O2. The van der Waals surface area contributed by atoms with Crippen molar-refractivity contribution in [2.45, 2.75) is 26.9 Å². The summed E-state index contributed by atoms with van der Waals surface area (Å²) < 4.78 is 10.8. The van der Waals surface area contributed by atoms with Gasteiger partial charge in [-0.3, -0.25) is 0 Å². The Labute approximate surface area is 90.0 Å². The average Bonchev–Trinajstić information content (AvgIpc) is 2.82. The minimum Gasteiger partial charge on any atom is -0.376 e. The van der Waals surface area contributed by atoms with Gasteiger partial charge in [0.2, 0.25) is 0 Å². The highest BCUT2D eigenvalue weighted by molar-refractivity contribution is 5.19. The lowest BCUT2D eigenvalue weighted by atomic mass is 10.1. The van der Waals surface area contributed by atoms with Gasteiger partial charge in [0, 0.05) is 12.1 Å². The molecule has 1 unspecified atom stereocenters. The lowest BCUT2D eigenvalue weighted by Crippen LogP contribution is -2.13. The number of aromatic nitrogens is 1. The third-order valence-electron chi connectivity index (χ3n) is 2.94. The Morgan fingerprint density at radius 2 is 2.40 bits per heavy atom. The van der Waals surface area contributed by atoms with Crippen molar-refractivity contribution in [2.24, 2.45) is 5.92 Å². The predicted molar refractivity (Wildman–Crippen MR) is 56.6 cm³/mol. The van der Waals surface area contributed by atoms with Crippen molar-refractivity contribution in [2.75, 3.05) is 19.7 Å². The van der Waals surface area contributed by atoms with Crippen LogP contribution < -0.4 is 5.32 Å². The van der Waals surface area contributed by atoms with E-state index in [2.05, 4.69) is 10.5 Å². The Morgan fingerprint density at radius 1 is 1.53 bits per heavy atom. The summed E-state index contributed by atoms with van der Waals surface area (Å²) in [5.41, 5.74) is 2.04. The molecule has 1 aromatic heterocycles. The zero-order chi connectivity index (χ0) is 10.7. The lowest BCUT2D eigenvalue weighted by Gasteiger charge is -2.08. The van der Waals surface area contributed by atoms with Crippen LogP contribution in [-0.4, -0.2) is 24.9 Å². The van der Waals surface area contributed by atoms with Crippen molar-refractivity contribution in [3.8, 4) is 0 Å².